The van der Waals surface area contributed by atoms with E-state index in [1.54, 1.807) is 11.1 Å². The van der Waals surface area contributed by atoms with Crippen LogP contribution in [0, 0.1) is 23.7 Å². The summed E-state index contributed by atoms with van der Waals surface area (Å²) >= 11 is 0. The van der Waals surface area contributed by atoms with Gasteiger partial charge in [-0.15, -0.1) is 0 Å². The molecule has 5 aliphatic carbocycles. The van der Waals surface area contributed by atoms with Gasteiger partial charge < -0.3 is 0 Å². The minimum Gasteiger partial charge on any atom is -0.0622 e. The Balaban J connectivity index is 1.05. The molecule has 1 spiro atoms. The molecule has 0 unspecified atom stereocenters. The number of hydrogen-bond acceptors (Lipinski definition) is 0. The van der Waals surface area contributed by atoms with Crippen LogP contribution >= 0.6 is 0 Å². The zero-order chi connectivity index (χ0) is 36.5. The highest BCUT2D eigenvalue weighted by atomic mass is 14.6. The van der Waals surface area contributed by atoms with E-state index in [9.17, 15) is 0 Å². The Morgan fingerprint density at radius 3 is 1.57 bits per heavy atom. The van der Waals surface area contributed by atoms with Crippen molar-refractivity contribution in [1.29, 1.82) is 0 Å². The fourth-order valence-corrected chi connectivity index (χ4v) is 13.2. The van der Waals surface area contributed by atoms with E-state index in [2.05, 4.69) is 170 Å². The standard InChI is InChI=1S/C56H42/c1-2-11-36(12-3-1)43-20-10-14-38-32-39(22-24-44(38)43)53-47-16-6-8-18-49(47)54(50-19-9-7-17-48(50)53)40-23-25-46-51-26-21-37-13-4-5-15-45(37)55(51)56(52(46)33-40)41-28-34-27-35(30-41)31-42(56)29-34/h1-26,32-35,41-42H,27-31H2. The highest BCUT2D eigenvalue weighted by Crippen LogP contribution is 2.70. The van der Waals surface area contributed by atoms with Gasteiger partial charge in [0.1, 0.15) is 0 Å². The third-order valence-electron chi connectivity index (χ3n) is 15.0. The third-order valence-corrected chi connectivity index (χ3v) is 15.0. The van der Waals surface area contributed by atoms with E-state index in [0.717, 1.165) is 11.8 Å². The van der Waals surface area contributed by atoms with Gasteiger partial charge in [0.25, 0.3) is 0 Å². The topological polar surface area (TPSA) is 0 Å². The van der Waals surface area contributed by atoms with Crippen LogP contribution in [0.25, 0.3) is 87.6 Å². The van der Waals surface area contributed by atoms with Crippen LogP contribution in [0.2, 0.25) is 0 Å². The molecule has 0 atom stereocenters. The summed E-state index contributed by atoms with van der Waals surface area (Å²) in [5.41, 5.74) is 14.2. The van der Waals surface area contributed by atoms with Crippen molar-refractivity contribution in [2.45, 2.75) is 37.5 Å². The molecule has 0 saturated heterocycles. The number of benzene rings is 9. The summed E-state index contributed by atoms with van der Waals surface area (Å²) in [6, 6.07) is 64.9. The average molecular weight is 715 g/mol. The van der Waals surface area contributed by atoms with E-state index in [1.807, 2.05) is 0 Å². The number of rotatable bonds is 3. The third kappa shape index (κ3) is 4.15. The molecule has 4 fully saturated rings. The van der Waals surface area contributed by atoms with Crippen molar-refractivity contribution in [3.8, 4) is 44.5 Å². The molecule has 0 aromatic heterocycles. The van der Waals surface area contributed by atoms with Gasteiger partial charge in [0, 0.05) is 5.41 Å². The maximum atomic E-state index is 2.70. The fraction of sp³-hybridized carbons (Fsp3) is 0.179. The first-order valence-electron chi connectivity index (χ1n) is 20.9. The highest BCUT2D eigenvalue weighted by molar-refractivity contribution is 6.22. The maximum absolute atomic E-state index is 2.70. The minimum atomic E-state index is 0.0875. The fourth-order valence-electron chi connectivity index (χ4n) is 13.2. The van der Waals surface area contributed by atoms with Crippen LogP contribution in [0.5, 0.6) is 0 Å². The summed E-state index contributed by atoms with van der Waals surface area (Å²) in [6.45, 7) is 0. The molecule has 9 aromatic carbocycles. The molecule has 56 heavy (non-hydrogen) atoms. The predicted octanol–water partition coefficient (Wildman–Crippen LogP) is 15.0. The van der Waals surface area contributed by atoms with Gasteiger partial charge in [-0.3, -0.25) is 0 Å². The lowest BCUT2D eigenvalue weighted by Gasteiger charge is -2.61. The van der Waals surface area contributed by atoms with Gasteiger partial charge in [-0.1, -0.05) is 158 Å². The summed E-state index contributed by atoms with van der Waals surface area (Å²) in [4.78, 5) is 0. The molecule has 0 heterocycles. The normalized spacial score (nSPS) is 23.1. The second-order valence-electron chi connectivity index (χ2n) is 17.6. The van der Waals surface area contributed by atoms with Crippen LogP contribution in [0.1, 0.15) is 43.2 Å². The summed E-state index contributed by atoms with van der Waals surface area (Å²) in [6.07, 6.45) is 7.02. The zero-order valence-corrected chi connectivity index (χ0v) is 31.5. The first-order valence-corrected chi connectivity index (χ1v) is 20.9. The van der Waals surface area contributed by atoms with Gasteiger partial charge in [0.2, 0.25) is 0 Å². The van der Waals surface area contributed by atoms with E-state index < -0.39 is 0 Å². The molecule has 4 bridgehead atoms. The van der Waals surface area contributed by atoms with Gasteiger partial charge in [-0.2, -0.15) is 0 Å². The zero-order valence-electron chi connectivity index (χ0n) is 31.5. The molecule has 266 valence electrons. The molecule has 4 saturated carbocycles. The van der Waals surface area contributed by atoms with Gasteiger partial charge in [0.05, 0.1) is 0 Å². The van der Waals surface area contributed by atoms with Crippen molar-refractivity contribution in [2.24, 2.45) is 23.7 Å². The summed E-state index contributed by atoms with van der Waals surface area (Å²) in [5, 5.41) is 10.7. The Morgan fingerprint density at radius 1 is 0.339 bits per heavy atom. The van der Waals surface area contributed by atoms with E-state index >= 15 is 0 Å². The summed E-state index contributed by atoms with van der Waals surface area (Å²) in [7, 11) is 0. The van der Waals surface area contributed by atoms with Gasteiger partial charge in [0.15, 0.2) is 0 Å². The van der Waals surface area contributed by atoms with Crippen LogP contribution in [0.3, 0.4) is 0 Å². The Kier molecular flexibility index (Phi) is 6.43. The SMILES string of the molecule is c1ccc(-c2cccc3cc(-c4c5ccccc5c(-c5ccc6c(c5)C5(c7c-6ccc6ccccc76)C6CC7CC(C6)CC5C7)c5ccccc45)ccc23)cc1. The second-order valence-corrected chi connectivity index (χ2v) is 17.6. The molecule has 0 radical (unpaired) electrons. The van der Waals surface area contributed by atoms with E-state index in [1.165, 1.54) is 120 Å². The predicted molar refractivity (Wildman–Crippen MR) is 236 cm³/mol. The van der Waals surface area contributed by atoms with Crippen LogP contribution < -0.4 is 0 Å². The van der Waals surface area contributed by atoms with Crippen molar-refractivity contribution in [3.05, 3.63) is 181 Å². The molecule has 14 rings (SSSR count). The van der Waals surface area contributed by atoms with Gasteiger partial charge in [-0.05, 0) is 167 Å². The summed E-state index contributed by atoms with van der Waals surface area (Å²) in [5.74, 6) is 3.25. The van der Waals surface area contributed by atoms with Crippen molar-refractivity contribution in [1.82, 2.24) is 0 Å². The molecule has 0 amide bonds. The molecule has 0 heteroatoms. The minimum absolute atomic E-state index is 0.0875. The smallest absolute Gasteiger partial charge is 0.0278 e. The second kappa shape index (κ2) is 11.5. The Labute approximate surface area is 328 Å². The van der Waals surface area contributed by atoms with Crippen LogP contribution in [0.15, 0.2) is 170 Å². The molecular formula is C56H42. The molecule has 9 aromatic rings. The van der Waals surface area contributed by atoms with E-state index in [0.29, 0.717) is 11.8 Å². The van der Waals surface area contributed by atoms with Crippen molar-refractivity contribution < 1.29 is 0 Å². The lowest BCUT2D eigenvalue weighted by molar-refractivity contribution is -0.0393. The van der Waals surface area contributed by atoms with Crippen LogP contribution in [-0.4, -0.2) is 0 Å². The average Bonchev–Trinajstić information content (AvgIpc) is 3.54. The molecule has 0 N–H and O–H groups in total. The molecular weight excluding hydrogens is 673 g/mol. The van der Waals surface area contributed by atoms with Crippen molar-refractivity contribution in [3.63, 3.8) is 0 Å². The quantitative estimate of drug-likeness (QED) is 0.160. The van der Waals surface area contributed by atoms with Gasteiger partial charge in [-0.25, -0.2) is 0 Å². The molecule has 0 nitrogen and oxygen atoms in total. The maximum Gasteiger partial charge on any atom is 0.0278 e. The molecule has 5 aliphatic rings. The largest absolute Gasteiger partial charge is 0.0622 e. The lowest BCUT2D eigenvalue weighted by atomic mass is 9.43. The first kappa shape index (κ1) is 31.2. The van der Waals surface area contributed by atoms with Crippen LogP contribution in [0.4, 0.5) is 0 Å². The van der Waals surface area contributed by atoms with Crippen molar-refractivity contribution in [2.75, 3.05) is 0 Å². The lowest BCUT2D eigenvalue weighted by Crippen LogP contribution is -2.55. The number of fused-ring (bicyclic) bond motifs is 8. The van der Waals surface area contributed by atoms with Crippen molar-refractivity contribution >= 4 is 43.1 Å². The summed E-state index contributed by atoms with van der Waals surface area (Å²) < 4.78 is 0. The Bertz CT molecular complexity index is 3010. The monoisotopic (exact) mass is 714 g/mol. The van der Waals surface area contributed by atoms with Crippen LogP contribution in [-0.2, 0) is 5.41 Å². The first-order chi connectivity index (χ1) is 27.7. The molecule has 0 aliphatic heterocycles. The Morgan fingerprint density at radius 2 is 0.893 bits per heavy atom. The van der Waals surface area contributed by atoms with E-state index in [4.69, 9.17) is 0 Å². The number of hydrogen-bond donors (Lipinski definition) is 0. The Hall–Kier alpha value is -5.98. The highest BCUT2D eigenvalue weighted by Gasteiger charge is 2.62. The van der Waals surface area contributed by atoms with E-state index in [-0.39, 0.29) is 5.41 Å². The van der Waals surface area contributed by atoms with Gasteiger partial charge >= 0.3 is 0 Å².